The number of hydrogen-bond acceptors (Lipinski definition) is 1. The second-order valence-electron chi connectivity index (χ2n) is 18.8. The third-order valence-corrected chi connectivity index (χ3v) is 14.6. The van der Waals surface area contributed by atoms with Crippen LogP contribution in [-0.4, -0.2) is 4.57 Å². The first-order valence-electron chi connectivity index (χ1n) is 24.0. The van der Waals surface area contributed by atoms with Gasteiger partial charge in [-0.3, -0.25) is 0 Å². The van der Waals surface area contributed by atoms with Crippen LogP contribution in [0.25, 0.3) is 93.9 Å². The van der Waals surface area contributed by atoms with Crippen molar-refractivity contribution >= 4 is 49.6 Å². The Morgan fingerprint density at radius 3 is 1.58 bits per heavy atom. The van der Waals surface area contributed by atoms with E-state index < -0.39 is 0 Å². The van der Waals surface area contributed by atoms with Gasteiger partial charge in [0.2, 0.25) is 0 Å². The Balaban J connectivity index is 1.03. The zero-order valence-corrected chi connectivity index (χ0v) is 38.6. The highest BCUT2D eigenvalue weighted by atomic mass is 15.1. The van der Waals surface area contributed by atoms with Gasteiger partial charge in [0.25, 0.3) is 0 Å². The quantitative estimate of drug-likeness (QED) is 0.148. The van der Waals surface area contributed by atoms with E-state index in [-0.39, 0.29) is 5.41 Å². The molecule has 0 amide bonds. The van der Waals surface area contributed by atoms with Crippen molar-refractivity contribution in [2.45, 2.75) is 19.3 Å². The van der Waals surface area contributed by atoms with Crippen LogP contribution in [0.2, 0.25) is 0 Å². The topological polar surface area (TPSA) is 8.17 Å². The van der Waals surface area contributed by atoms with E-state index in [9.17, 15) is 0 Å². The largest absolute Gasteiger partial charge is 0.309 e. The average Bonchev–Trinajstić information content (AvgIpc) is 3.87. The second kappa shape index (κ2) is 16.3. The van der Waals surface area contributed by atoms with Crippen molar-refractivity contribution in [3.63, 3.8) is 0 Å². The Morgan fingerprint density at radius 1 is 0.333 bits per heavy atom. The molecule has 0 unspecified atom stereocenters. The lowest BCUT2D eigenvalue weighted by atomic mass is 9.81. The molecule has 11 aromatic carbocycles. The lowest BCUT2D eigenvalue weighted by molar-refractivity contribution is 0.660. The Labute approximate surface area is 403 Å². The highest BCUT2D eigenvalue weighted by Gasteiger charge is 2.35. The maximum absolute atomic E-state index is 2.50. The van der Waals surface area contributed by atoms with Crippen LogP contribution < -0.4 is 4.90 Å². The number of hydrogen-bond donors (Lipinski definition) is 0. The summed E-state index contributed by atoms with van der Waals surface area (Å²) in [4.78, 5) is 2.50. The van der Waals surface area contributed by atoms with E-state index in [1.807, 2.05) is 0 Å². The molecular weight excluding hydrogens is 833 g/mol. The maximum Gasteiger partial charge on any atom is 0.0547 e. The molecule has 1 aliphatic carbocycles. The van der Waals surface area contributed by atoms with Gasteiger partial charge in [0.1, 0.15) is 0 Å². The zero-order chi connectivity index (χ0) is 46.1. The molecule has 0 fully saturated rings. The van der Waals surface area contributed by atoms with Gasteiger partial charge >= 0.3 is 0 Å². The predicted molar refractivity (Wildman–Crippen MR) is 292 cm³/mol. The van der Waals surface area contributed by atoms with Gasteiger partial charge in [0.05, 0.1) is 22.4 Å². The van der Waals surface area contributed by atoms with Gasteiger partial charge in [0, 0.05) is 38.7 Å². The first-order chi connectivity index (χ1) is 34.0. The number of para-hydroxylation sites is 4. The number of aromatic nitrogens is 1. The standard InChI is InChI=1S/C67H48N2/c1-67(2)59-33-13-9-26-52(59)53-43-40-48(44-60(53)67)45-38-41-50(42-39-45)68(61-34-14-10-27-54(61)56-31-18-23-47-22-17-30-51(65(47)56)46-20-5-3-6-21-46)62-35-15-11-28-55(62)57-32-19-37-64-66(57)58-29-12-16-36-63(58)69(64)49-24-7-4-8-25-49/h3-44H,1-2H3. The number of rotatable bonds is 8. The van der Waals surface area contributed by atoms with Crippen molar-refractivity contribution in [1.82, 2.24) is 4.57 Å². The van der Waals surface area contributed by atoms with Crippen LogP contribution in [0.1, 0.15) is 25.0 Å². The summed E-state index contributed by atoms with van der Waals surface area (Å²) < 4.78 is 2.41. The van der Waals surface area contributed by atoms with Crippen molar-refractivity contribution < 1.29 is 0 Å². The van der Waals surface area contributed by atoms with Crippen LogP contribution in [0.5, 0.6) is 0 Å². The highest BCUT2D eigenvalue weighted by molar-refractivity contribution is 6.17. The SMILES string of the molecule is CC1(C)c2ccccc2-c2ccc(-c3ccc(N(c4ccccc4-c4cccc5cccc(-c6ccccc6)c45)c4ccccc4-c4cccc5c4c4ccccc4n5-c4ccccc4)cc3)cc21. The summed E-state index contributed by atoms with van der Waals surface area (Å²) in [6.07, 6.45) is 0. The molecule has 0 bridgehead atoms. The van der Waals surface area contributed by atoms with E-state index in [0.29, 0.717) is 0 Å². The summed E-state index contributed by atoms with van der Waals surface area (Å²) in [5.74, 6) is 0. The summed E-state index contributed by atoms with van der Waals surface area (Å²) in [5.41, 5.74) is 21.7. The summed E-state index contributed by atoms with van der Waals surface area (Å²) >= 11 is 0. The van der Waals surface area contributed by atoms with E-state index in [0.717, 1.165) is 33.9 Å². The Hall–Kier alpha value is -8.72. The fourth-order valence-corrected chi connectivity index (χ4v) is 11.4. The van der Waals surface area contributed by atoms with E-state index in [1.165, 1.54) is 88.2 Å². The summed E-state index contributed by atoms with van der Waals surface area (Å²) in [5, 5.41) is 4.91. The first-order valence-corrected chi connectivity index (χ1v) is 24.0. The molecule has 1 aliphatic rings. The molecular formula is C67H48N2. The second-order valence-corrected chi connectivity index (χ2v) is 18.8. The fourth-order valence-electron chi connectivity index (χ4n) is 11.4. The van der Waals surface area contributed by atoms with E-state index in [2.05, 4.69) is 278 Å². The minimum Gasteiger partial charge on any atom is -0.309 e. The van der Waals surface area contributed by atoms with Gasteiger partial charge in [-0.15, -0.1) is 0 Å². The summed E-state index contributed by atoms with van der Waals surface area (Å²) in [6.45, 7) is 4.71. The number of nitrogens with zero attached hydrogens (tertiary/aromatic N) is 2. The van der Waals surface area contributed by atoms with Gasteiger partial charge in [0.15, 0.2) is 0 Å². The average molecular weight is 881 g/mol. The van der Waals surface area contributed by atoms with E-state index in [4.69, 9.17) is 0 Å². The molecule has 1 aromatic heterocycles. The lowest BCUT2D eigenvalue weighted by Crippen LogP contribution is -2.14. The van der Waals surface area contributed by atoms with Crippen LogP contribution in [0, 0.1) is 0 Å². The predicted octanol–water partition coefficient (Wildman–Crippen LogP) is 18.4. The van der Waals surface area contributed by atoms with E-state index in [1.54, 1.807) is 0 Å². The molecule has 326 valence electrons. The minimum atomic E-state index is -0.0790. The molecule has 69 heavy (non-hydrogen) atoms. The highest BCUT2D eigenvalue weighted by Crippen LogP contribution is 2.51. The number of benzene rings is 11. The molecule has 2 nitrogen and oxygen atoms in total. The van der Waals surface area contributed by atoms with Crippen molar-refractivity contribution in [3.8, 4) is 61.3 Å². The molecule has 1 heterocycles. The Bertz CT molecular complexity index is 3910. The fraction of sp³-hybridized carbons (Fsp3) is 0.0448. The number of fused-ring (bicyclic) bond motifs is 7. The smallest absolute Gasteiger partial charge is 0.0547 e. The summed E-state index contributed by atoms with van der Waals surface area (Å²) in [7, 11) is 0. The zero-order valence-electron chi connectivity index (χ0n) is 38.6. The third kappa shape index (κ3) is 6.55. The molecule has 2 heteroatoms. The van der Waals surface area contributed by atoms with Crippen molar-refractivity contribution in [1.29, 1.82) is 0 Å². The molecule has 12 aromatic rings. The van der Waals surface area contributed by atoms with Crippen LogP contribution >= 0.6 is 0 Å². The van der Waals surface area contributed by atoms with Crippen molar-refractivity contribution in [2.24, 2.45) is 0 Å². The Morgan fingerprint density at radius 2 is 0.855 bits per heavy atom. The van der Waals surface area contributed by atoms with Gasteiger partial charge in [-0.1, -0.05) is 214 Å². The van der Waals surface area contributed by atoms with Crippen LogP contribution in [0.15, 0.2) is 255 Å². The van der Waals surface area contributed by atoms with Gasteiger partial charge in [-0.2, -0.15) is 0 Å². The van der Waals surface area contributed by atoms with Crippen LogP contribution in [0.4, 0.5) is 17.1 Å². The third-order valence-electron chi connectivity index (χ3n) is 14.6. The molecule has 0 saturated carbocycles. The van der Waals surface area contributed by atoms with Crippen molar-refractivity contribution in [2.75, 3.05) is 4.90 Å². The van der Waals surface area contributed by atoms with Crippen LogP contribution in [0.3, 0.4) is 0 Å². The normalized spacial score (nSPS) is 12.6. The first kappa shape index (κ1) is 40.5. The Kier molecular flexibility index (Phi) is 9.55. The molecule has 0 spiro atoms. The molecule has 0 N–H and O–H groups in total. The van der Waals surface area contributed by atoms with E-state index >= 15 is 0 Å². The monoisotopic (exact) mass is 880 g/mol. The van der Waals surface area contributed by atoms with Gasteiger partial charge in [-0.25, -0.2) is 0 Å². The molecule has 0 aliphatic heterocycles. The minimum absolute atomic E-state index is 0.0790. The van der Waals surface area contributed by atoms with Crippen molar-refractivity contribution in [3.05, 3.63) is 266 Å². The van der Waals surface area contributed by atoms with Crippen LogP contribution in [-0.2, 0) is 5.41 Å². The van der Waals surface area contributed by atoms with Gasteiger partial charge in [-0.05, 0) is 121 Å². The molecule has 13 rings (SSSR count). The van der Waals surface area contributed by atoms with Gasteiger partial charge < -0.3 is 9.47 Å². The number of anilines is 3. The molecule has 0 radical (unpaired) electrons. The molecule has 0 atom stereocenters. The lowest BCUT2D eigenvalue weighted by Gasteiger charge is -2.30. The summed E-state index contributed by atoms with van der Waals surface area (Å²) in [6, 6.07) is 93.7. The molecule has 0 saturated heterocycles. The maximum atomic E-state index is 2.50.